The average Bonchev–Trinajstić information content (AvgIpc) is 3.35. The fraction of sp³-hybridized carbons (Fsp3) is 0.200. The third-order valence-electron chi connectivity index (χ3n) is 5.77. The van der Waals surface area contributed by atoms with Gasteiger partial charge in [0.25, 0.3) is 5.56 Å². The molecule has 33 heavy (non-hydrogen) atoms. The maximum absolute atomic E-state index is 12.6. The van der Waals surface area contributed by atoms with E-state index < -0.39 is 0 Å². The second kappa shape index (κ2) is 9.42. The molecule has 0 amide bonds. The largest absolute Gasteiger partial charge is 0.487 e. The monoisotopic (exact) mass is 459 g/mol. The molecule has 0 aliphatic carbocycles. The number of halogens is 1. The van der Waals surface area contributed by atoms with Crippen molar-refractivity contribution in [3.05, 3.63) is 106 Å². The van der Waals surface area contributed by atoms with Crippen LogP contribution in [0.3, 0.4) is 0 Å². The quantitative estimate of drug-likeness (QED) is 0.429. The average molecular weight is 460 g/mol. The summed E-state index contributed by atoms with van der Waals surface area (Å²) in [6.07, 6.45) is 9.76. The van der Waals surface area contributed by atoms with Gasteiger partial charge in [-0.25, -0.2) is 4.98 Å². The minimum absolute atomic E-state index is 0.190. The third kappa shape index (κ3) is 4.88. The van der Waals surface area contributed by atoms with Crippen LogP contribution in [0.5, 0.6) is 5.75 Å². The Hall–Kier alpha value is -3.71. The summed E-state index contributed by atoms with van der Waals surface area (Å²) in [5.74, 6) is 1.88. The molecule has 1 atom stereocenters. The van der Waals surface area contributed by atoms with Crippen LogP contribution in [0.4, 0.5) is 5.82 Å². The smallest absolute Gasteiger partial charge is 0.258 e. The van der Waals surface area contributed by atoms with E-state index in [0.29, 0.717) is 22.4 Å². The SMILES string of the molecule is O=c1cc(OCc2ccc(Cl)cn2)ccn1-c1ccc(N2CCC(c3ccncc3)C2)nc1. The van der Waals surface area contributed by atoms with Crippen molar-refractivity contribution < 1.29 is 4.74 Å². The topological polar surface area (TPSA) is 73.1 Å². The summed E-state index contributed by atoms with van der Waals surface area (Å²) in [4.78, 5) is 27.8. The molecule has 5 heterocycles. The van der Waals surface area contributed by atoms with Crippen molar-refractivity contribution in [2.75, 3.05) is 18.0 Å². The van der Waals surface area contributed by atoms with Crippen LogP contribution in [-0.2, 0) is 6.61 Å². The van der Waals surface area contributed by atoms with E-state index in [1.807, 2.05) is 24.5 Å². The van der Waals surface area contributed by atoms with E-state index in [1.165, 1.54) is 11.6 Å². The first-order valence-electron chi connectivity index (χ1n) is 10.7. The zero-order valence-electron chi connectivity index (χ0n) is 17.8. The molecule has 0 N–H and O–H groups in total. The summed E-state index contributed by atoms with van der Waals surface area (Å²) >= 11 is 5.85. The number of rotatable bonds is 6. The molecule has 4 aromatic heterocycles. The lowest BCUT2D eigenvalue weighted by atomic mass is 10.00. The Bertz CT molecular complexity index is 1280. The molecule has 166 valence electrons. The second-order valence-corrected chi connectivity index (χ2v) is 8.35. The molecule has 1 fully saturated rings. The van der Waals surface area contributed by atoms with Crippen LogP contribution in [-0.4, -0.2) is 32.6 Å². The van der Waals surface area contributed by atoms with Crippen molar-refractivity contribution in [3.8, 4) is 11.4 Å². The van der Waals surface area contributed by atoms with Crippen LogP contribution in [0, 0.1) is 0 Å². The van der Waals surface area contributed by atoms with Crippen LogP contribution in [0.1, 0.15) is 23.6 Å². The fourth-order valence-electron chi connectivity index (χ4n) is 4.00. The summed E-state index contributed by atoms with van der Waals surface area (Å²) in [6.45, 7) is 2.13. The molecule has 0 radical (unpaired) electrons. The van der Waals surface area contributed by atoms with E-state index in [9.17, 15) is 4.79 Å². The molecule has 0 spiro atoms. The number of aromatic nitrogens is 4. The first kappa shape index (κ1) is 21.2. The lowest BCUT2D eigenvalue weighted by Crippen LogP contribution is -2.21. The van der Waals surface area contributed by atoms with Crippen LogP contribution in [0.25, 0.3) is 5.69 Å². The van der Waals surface area contributed by atoms with Crippen LogP contribution in [0.15, 0.2) is 84.3 Å². The Kier molecular flexibility index (Phi) is 6.04. The summed E-state index contributed by atoms with van der Waals surface area (Å²) in [6, 6.07) is 14.8. The number of nitrogens with zero attached hydrogens (tertiary/aromatic N) is 5. The molecule has 4 aromatic rings. The Morgan fingerprint density at radius 2 is 1.91 bits per heavy atom. The maximum atomic E-state index is 12.6. The van der Waals surface area contributed by atoms with Crippen LogP contribution in [0.2, 0.25) is 5.02 Å². The van der Waals surface area contributed by atoms with Crippen molar-refractivity contribution in [2.24, 2.45) is 0 Å². The van der Waals surface area contributed by atoms with Crippen molar-refractivity contribution in [1.82, 2.24) is 19.5 Å². The molecule has 0 aromatic carbocycles. The van der Waals surface area contributed by atoms with Crippen LogP contribution >= 0.6 is 11.6 Å². The Labute approximate surface area is 196 Å². The van der Waals surface area contributed by atoms with E-state index in [-0.39, 0.29) is 12.2 Å². The molecule has 0 bridgehead atoms. The molecule has 8 heteroatoms. The number of hydrogen-bond donors (Lipinski definition) is 0. The zero-order valence-corrected chi connectivity index (χ0v) is 18.6. The van der Waals surface area contributed by atoms with Gasteiger partial charge < -0.3 is 9.64 Å². The van der Waals surface area contributed by atoms with Gasteiger partial charge in [0.05, 0.1) is 22.6 Å². The lowest BCUT2D eigenvalue weighted by molar-refractivity contribution is 0.300. The highest BCUT2D eigenvalue weighted by molar-refractivity contribution is 6.30. The molecule has 1 unspecified atom stereocenters. The minimum atomic E-state index is -0.190. The van der Waals surface area contributed by atoms with E-state index in [1.54, 1.807) is 41.4 Å². The number of hydrogen-bond acceptors (Lipinski definition) is 6. The van der Waals surface area contributed by atoms with Gasteiger partial charge in [-0.3, -0.25) is 19.3 Å². The van der Waals surface area contributed by atoms with E-state index in [0.717, 1.165) is 31.0 Å². The highest BCUT2D eigenvalue weighted by Crippen LogP contribution is 2.29. The van der Waals surface area contributed by atoms with Gasteiger partial charge in [-0.15, -0.1) is 0 Å². The zero-order chi connectivity index (χ0) is 22.6. The van der Waals surface area contributed by atoms with Crippen LogP contribution < -0.4 is 15.2 Å². The predicted molar refractivity (Wildman–Crippen MR) is 127 cm³/mol. The minimum Gasteiger partial charge on any atom is -0.487 e. The van der Waals surface area contributed by atoms with E-state index >= 15 is 0 Å². The summed E-state index contributed by atoms with van der Waals surface area (Å²) in [7, 11) is 0. The molecule has 1 aliphatic heterocycles. The first-order valence-corrected chi connectivity index (χ1v) is 11.1. The Balaban J connectivity index is 1.24. The van der Waals surface area contributed by atoms with Gasteiger partial charge >= 0.3 is 0 Å². The standard InChI is InChI=1S/C25H22ClN5O2/c26-20-1-2-21(28-14-20)17-33-23-8-12-31(25(32)13-23)22-3-4-24(29-15-22)30-11-7-19(16-30)18-5-9-27-10-6-18/h1-6,8-10,12-15,19H,7,11,16-17H2. The van der Waals surface area contributed by atoms with Gasteiger partial charge in [0.1, 0.15) is 18.2 Å². The van der Waals surface area contributed by atoms with Gasteiger partial charge in [0, 0.05) is 49.9 Å². The molecular weight excluding hydrogens is 438 g/mol. The molecule has 5 rings (SSSR count). The second-order valence-electron chi connectivity index (χ2n) is 7.91. The third-order valence-corrected chi connectivity index (χ3v) is 5.99. The van der Waals surface area contributed by atoms with Gasteiger partial charge in [-0.2, -0.15) is 0 Å². The summed E-state index contributed by atoms with van der Waals surface area (Å²) < 4.78 is 7.24. The Morgan fingerprint density at radius 1 is 1.03 bits per heavy atom. The predicted octanol–water partition coefficient (Wildman–Crippen LogP) is 4.25. The van der Waals surface area contributed by atoms with E-state index in [2.05, 4.69) is 32.0 Å². The maximum Gasteiger partial charge on any atom is 0.258 e. The van der Waals surface area contributed by atoms with Gasteiger partial charge in [-0.05, 0) is 54.4 Å². The molecule has 1 aliphatic rings. The molecular formula is C25H22ClN5O2. The highest BCUT2D eigenvalue weighted by atomic mass is 35.5. The van der Waals surface area contributed by atoms with Gasteiger partial charge in [0.2, 0.25) is 0 Å². The van der Waals surface area contributed by atoms with Gasteiger partial charge in [0.15, 0.2) is 0 Å². The lowest BCUT2D eigenvalue weighted by Gasteiger charge is -2.18. The molecule has 7 nitrogen and oxygen atoms in total. The number of pyridine rings is 4. The molecule has 0 saturated carbocycles. The highest BCUT2D eigenvalue weighted by Gasteiger charge is 2.24. The van der Waals surface area contributed by atoms with Crippen molar-refractivity contribution in [1.29, 1.82) is 0 Å². The first-order chi connectivity index (χ1) is 16.2. The molecule has 1 saturated heterocycles. The van der Waals surface area contributed by atoms with E-state index in [4.69, 9.17) is 16.3 Å². The summed E-state index contributed by atoms with van der Waals surface area (Å²) in [5, 5.41) is 0.569. The number of anilines is 1. The van der Waals surface area contributed by atoms with Crippen molar-refractivity contribution in [3.63, 3.8) is 0 Å². The van der Waals surface area contributed by atoms with Gasteiger partial charge in [-0.1, -0.05) is 11.6 Å². The number of ether oxygens (including phenoxy) is 1. The summed E-state index contributed by atoms with van der Waals surface area (Å²) in [5.41, 5.74) is 2.56. The Morgan fingerprint density at radius 3 is 2.64 bits per heavy atom. The van der Waals surface area contributed by atoms with Crippen molar-refractivity contribution >= 4 is 17.4 Å². The fourth-order valence-corrected chi connectivity index (χ4v) is 4.11. The van der Waals surface area contributed by atoms with Crippen molar-refractivity contribution in [2.45, 2.75) is 18.9 Å². The normalized spacial score (nSPS) is 15.5.